The number of amides is 3. The third-order valence-electron chi connectivity index (χ3n) is 4.74. The maximum Gasteiger partial charge on any atom is 0.262 e. The smallest absolute Gasteiger partial charge is 0.262 e. The van der Waals surface area contributed by atoms with Crippen molar-refractivity contribution in [1.82, 2.24) is 9.80 Å². The van der Waals surface area contributed by atoms with Crippen molar-refractivity contribution < 1.29 is 22.8 Å². The van der Waals surface area contributed by atoms with E-state index in [0.29, 0.717) is 13.1 Å². The number of nitrogens with zero attached hydrogens (tertiary/aromatic N) is 2. The Morgan fingerprint density at radius 2 is 1.56 bits per heavy atom. The predicted octanol–water partition coefficient (Wildman–Crippen LogP) is 2.02. The normalized spacial score (nSPS) is 18.2. The van der Waals surface area contributed by atoms with Crippen molar-refractivity contribution in [3.63, 3.8) is 0 Å². The van der Waals surface area contributed by atoms with Crippen molar-refractivity contribution in [3.8, 4) is 0 Å². The number of benzene rings is 1. The van der Waals surface area contributed by atoms with Crippen LogP contribution in [0.4, 0.5) is 0 Å². The van der Waals surface area contributed by atoms with Crippen LogP contribution in [0.25, 0.3) is 0 Å². The van der Waals surface area contributed by atoms with Gasteiger partial charge in [0.15, 0.2) is 0 Å². The zero-order valence-corrected chi connectivity index (χ0v) is 16.9. The Balaban J connectivity index is 1.97. The van der Waals surface area contributed by atoms with Gasteiger partial charge in [-0.2, -0.15) is 0 Å². The first-order valence-corrected chi connectivity index (χ1v) is 11.3. The molecule has 1 saturated heterocycles. The molecular formula is C17H18Cl2N2O5S. The van der Waals surface area contributed by atoms with Crippen LogP contribution in [-0.4, -0.2) is 67.1 Å². The van der Waals surface area contributed by atoms with Crippen LogP contribution in [0.15, 0.2) is 12.1 Å². The number of hydrogen-bond acceptors (Lipinski definition) is 5. The molecule has 146 valence electrons. The summed E-state index contributed by atoms with van der Waals surface area (Å²) in [5, 5.41) is 0.244. The summed E-state index contributed by atoms with van der Waals surface area (Å²) in [7, 11) is -3.38. The minimum atomic E-state index is -3.38. The Labute approximate surface area is 167 Å². The Kier molecular flexibility index (Phi) is 5.52. The van der Waals surface area contributed by atoms with Crippen LogP contribution in [0.2, 0.25) is 10.0 Å². The SMILES string of the molecule is CS(=O)(=O)CC[C@@H](C(=O)N1CCCC1)N1C(=O)c2cc(Cl)c(Cl)cc2C1=O. The molecular weight excluding hydrogens is 415 g/mol. The van der Waals surface area contributed by atoms with E-state index >= 15 is 0 Å². The number of hydrogen-bond donors (Lipinski definition) is 0. The fraction of sp³-hybridized carbons (Fsp3) is 0.471. The molecule has 3 amide bonds. The molecule has 0 unspecified atom stereocenters. The molecule has 2 aliphatic rings. The zero-order valence-electron chi connectivity index (χ0n) is 14.6. The summed E-state index contributed by atoms with van der Waals surface area (Å²) < 4.78 is 23.2. The lowest BCUT2D eigenvalue weighted by Gasteiger charge is -2.29. The average Bonchev–Trinajstić information content (AvgIpc) is 3.19. The monoisotopic (exact) mass is 432 g/mol. The topological polar surface area (TPSA) is 91.8 Å². The number of imide groups is 1. The number of carbonyl (C=O) groups is 3. The minimum absolute atomic E-state index is 0.0629. The maximum atomic E-state index is 13.0. The second-order valence-electron chi connectivity index (χ2n) is 6.76. The quantitative estimate of drug-likeness (QED) is 0.663. The van der Waals surface area contributed by atoms with E-state index in [2.05, 4.69) is 0 Å². The largest absolute Gasteiger partial charge is 0.341 e. The fourth-order valence-electron chi connectivity index (χ4n) is 3.37. The first-order chi connectivity index (χ1) is 12.6. The van der Waals surface area contributed by atoms with Crippen LogP contribution < -0.4 is 0 Å². The number of fused-ring (bicyclic) bond motifs is 1. The minimum Gasteiger partial charge on any atom is -0.341 e. The van der Waals surface area contributed by atoms with E-state index < -0.39 is 33.6 Å². The second-order valence-corrected chi connectivity index (χ2v) is 9.83. The lowest BCUT2D eigenvalue weighted by molar-refractivity contribution is -0.134. The second kappa shape index (κ2) is 7.41. The summed E-state index contributed by atoms with van der Waals surface area (Å²) >= 11 is 11.9. The summed E-state index contributed by atoms with van der Waals surface area (Å²) in [6.07, 6.45) is 2.56. The van der Waals surface area contributed by atoms with Gasteiger partial charge in [-0.05, 0) is 31.4 Å². The van der Waals surface area contributed by atoms with Gasteiger partial charge in [-0.3, -0.25) is 19.3 Å². The molecule has 7 nitrogen and oxygen atoms in total. The molecule has 2 heterocycles. The van der Waals surface area contributed by atoms with Crippen molar-refractivity contribution in [1.29, 1.82) is 0 Å². The highest BCUT2D eigenvalue weighted by Crippen LogP contribution is 2.33. The first-order valence-electron chi connectivity index (χ1n) is 8.43. The fourth-order valence-corrected chi connectivity index (χ4v) is 4.35. The van der Waals surface area contributed by atoms with Gasteiger partial charge in [-0.15, -0.1) is 0 Å². The average molecular weight is 433 g/mol. The molecule has 1 fully saturated rings. The summed E-state index contributed by atoms with van der Waals surface area (Å²) in [5.74, 6) is -2.06. The number of halogens is 2. The van der Waals surface area contributed by atoms with E-state index in [9.17, 15) is 22.8 Å². The summed E-state index contributed by atoms with van der Waals surface area (Å²) in [4.78, 5) is 41.1. The highest BCUT2D eigenvalue weighted by atomic mass is 35.5. The van der Waals surface area contributed by atoms with E-state index in [-0.39, 0.29) is 33.3 Å². The molecule has 1 atom stereocenters. The summed E-state index contributed by atoms with van der Waals surface area (Å²) in [5.41, 5.74) is 0.126. The highest BCUT2D eigenvalue weighted by Gasteiger charge is 2.44. The standard InChI is InChI=1S/C17H18Cl2N2O5S/c1-27(25,26)7-4-14(17(24)20-5-2-3-6-20)21-15(22)10-8-12(18)13(19)9-11(10)16(21)23/h8-9,14H,2-7H2,1H3/t14-/m0/s1. The van der Waals surface area contributed by atoms with Crippen molar-refractivity contribution in [3.05, 3.63) is 33.3 Å². The molecule has 27 heavy (non-hydrogen) atoms. The molecule has 0 bridgehead atoms. The molecule has 1 aromatic rings. The summed E-state index contributed by atoms with van der Waals surface area (Å²) in [6, 6.07) is 1.42. The van der Waals surface area contributed by atoms with E-state index in [1.165, 1.54) is 12.1 Å². The van der Waals surface area contributed by atoms with Crippen LogP contribution in [0.1, 0.15) is 40.0 Å². The molecule has 0 radical (unpaired) electrons. The van der Waals surface area contributed by atoms with Gasteiger partial charge in [-0.1, -0.05) is 23.2 Å². The predicted molar refractivity (Wildman–Crippen MR) is 101 cm³/mol. The van der Waals surface area contributed by atoms with Gasteiger partial charge in [0.2, 0.25) is 5.91 Å². The van der Waals surface area contributed by atoms with Gasteiger partial charge in [0, 0.05) is 19.3 Å². The van der Waals surface area contributed by atoms with Crippen molar-refractivity contribution in [2.75, 3.05) is 25.1 Å². The van der Waals surface area contributed by atoms with Gasteiger partial charge in [-0.25, -0.2) is 8.42 Å². The van der Waals surface area contributed by atoms with Gasteiger partial charge in [0.25, 0.3) is 11.8 Å². The lowest BCUT2D eigenvalue weighted by atomic mass is 10.1. The van der Waals surface area contributed by atoms with Gasteiger partial charge >= 0.3 is 0 Å². The van der Waals surface area contributed by atoms with Crippen molar-refractivity contribution in [2.45, 2.75) is 25.3 Å². The van der Waals surface area contributed by atoms with Crippen LogP contribution in [0.5, 0.6) is 0 Å². The van der Waals surface area contributed by atoms with Crippen LogP contribution >= 0.6 is 23.2 Å². The van der Waals surface area contributed by atoms with Crippen molar-refractivity contribution in [2.24, 2.45) is 0 Å². The molecule has 0 aromatic heterocycles. The van der Waals surface area contributed by atoms with E-state index in [0.717, 1.165) is 24.0 Å². The molecule has 0 saturated carbocycles. The molecule has 3 rings (SSSR count). The van der Waals surface area contributed by atoms with E-state index in [4.69, 9.17) is 23.2 Å². The van der Waals surface area contributed by atoms with Crippen LogP contribution in [0, 0.1) is 0 Å². The molecule has 10 heteroatoms. The Hall–Kier alpha value is -1.64. The molecule has 0 spiro atoms. The Bertz CT molecular complexity index is 884. The number of carbonyl (C=O) groups excluding carboxylic acids is 3. The summed E-state index contributed by atoms with van der Waals surface area (Å²) in [6.45, 7) is 1.05. The zero-order chi connectivity index (χ0) is 19.9. The maximum absolute atomic E-state index is 13.0. The lowest BCUT2D eigenvalue weighted by Crippen LogP contribution is -2.51. The van der Waals surface area contributed by atoms with Crippen LogP contribution in [0.3, 0.4) is 0 Å². The first kappa shape index (κ1) is 20.1. The molecule has 0 aliphatic carbocycles. The van der Waals surface area contributed by atoms with Gasteiger partial charge in [0.1, 0.15) is 15.9 Å². The van der Waals surface area contributed by atoms with Gasteiger partial charge < -0.3 is 4.90 Å². The van der Waals surface area contributed by atoms with Gasteiger partial charge in [0.05, 0.1) is 26.9 Å². The van der Waals surface area contributed by atoms with Crippen molar-refractivity contribution >= 4 is 50.8 Å². The third kappa shape index (κ3) is 3.97. The van der Waals surface area contributed by atoms with E-state index in [1.54, 1.807) is 4.90 Å². The molecule has 0 N–H and O–H groups in total. The third-order valence-corrected chi connectivity index (χ3v) is 6.43. The highest BCUT2D eigenvalue weighted by molar-refractivity contribution is 7.90. The number of rotatable bonds is 5. The Morgan fingerprint density at radius 3 is 2.00 bits per heavy atom. The number of likely N-dealkylation sites (tertiary alicyclic amines) is 1. The van der Waals surface area contributed by atoms with Crippen LogP contribution in [-0.2, 0) is 14.6 Å². The molecule has 2 aliphatic heterocycles. The number of sulfone groups is 1. The molecule has 1 aromatic carbocycles. The Morgan fingerprint density at radius 1 is 1.07 bits per heavy atom. The van der Waals surface area contributed by atoms with E-state index in [1.807, 2.05) is 0 Å².